The molecule has 0 unspecified atom stereocenters. The summed E-state index contributed by atoms with van der Waals surface area (Å²) in [5, 5.41) is 1.33. The Balaban J connectivity index is 1.43. The molecule has 3 aromatic heterocycles. The third kappa shape index (κ3) is 5.43. The molecule has 0 spiro atoms. The third-order valence-electron chi connectivity index (χ3n) is 6.10. The fourth-order valence-corrected chi connectivity index (χ4v) is 5.26. The maximum atomic E-state index is 13.5. The summed E-state index contributed by atoms with van der Waals surface area (Å²) in [5.41, 5.74) is 1.11. The Bertz CT molecular complexity index is 1530. The first-order valence-corrected chi connectivity index (χ1v) is 13.0. The van der Waals surface area contributed by atoms with E-state index in [1.807, 2.05) is 0 Å². The Kier molecular flexibility index (Phi) is 6.59. The minimum Gasteiger partial charge on any atom is -0.480 e. The lowest BCUT2D eigenvalue weighted by Crippen LogP contribution is -2.30. The van der Waals surface area contributed by atoms with Crippen molar-refractivity contribution in [1.82, 2.24) is 19.9 Å². The average Bonchev–Trinajstić information content (AvgIpc) is 2.89. The highest BCUT2D eigenvalue weighted by molar-refractivity contribution is 7.92. The number of halogens is 2. The van der Waals surface area contributed by atoms with Crippen LogP contribution in [0.25, 0.3) is 22.0 Å². The Morgan fingerprint density at radius 1 is 1.03 bits per heavy atom. The minimum atomic E-state index is -3.88. The maximum absolute atomic E-state index is 13.5. The van der Waals surface area contributed by atoms with Crippen LogP contribution in [0.4, 0.5) is 14.6 Å². The Morgan fingerprint density at radius 3 is 2.57 bits per heavy atom. The van der Waals surface area contributed by atoms with Crippen LogP contribution in [0.2, 0.25) is 0 Å². The number of sulfonamides is 1. The molecule has 0 saturated heterocycles. The number of methoxy groups -OCH3 is 1. The van der Waals surface area contributed by atoms with Crippen LogP contribution in [-0.2, 0) is 10.0 Å². The van der Waals surface area contributed by atoms with E-state index in [4.69, 9.17) is 9.47 Å². The van der Waals surface area contributed by atoms with Crippen LogP contribution in [-0.4, -0.2) is 47.5 Å². The lowest BCUT2D eigenvalue weighted by atomic mass is 9.94. The van der Waals surface area contributed by atoms with Crippen LogP contribution >= 0.6 is 0 Å². The van der Waals surface area contributed by atoms with Crippen LogP contribution in [0.1, 0.15) is 25.7 Å². The smallest absolute Gasteiger partial charge is 0.263 e. The summed E-state index contributed by atoms with van der Waals surface area (Å²) >= 11 is 0. The van der Waals surface area contributed by atoms with Crippen molar-refractivity contribution < 1.29 is 26.7 Å². The van der Waals surface area contributed by atoms with E-state index in [-0.39, 0.29) is 54.3 Å². The molecule has 5 rings (SSSR count). The monoisotopic (exact) mass is 527 g/mol. The summed E-state index contributed by atoms with van der Waals surface area (Å²) in [7, 11) is -2.42. The molecule has 0 atom stereocenters. The van der Waals surface area contributed by atoms with Gasteiger partial charge in [-0.3, -0.25) is 9.71 Å². The summed E-state index contributed by atoms with van der Waals surface area (Å²) in [5.74, 6) is -1.95. The molecule has 9 nitrogen and oxygen atoms in total. The van der Waals surface area contributed by atoms with Gasteiger partial charge in [0.05, 0.1) is 23.3 Å². The molecule has 192 valence electrons. The molecule has 37 heavy (non-hydrogen) atoms. The number of benzene rings is 1. The molecule has 1 N–H and O–H groups in total. The lowest BCUT2D eigenvalue weighted by molar-refractivity contribution is -0.0588. The van der Waals surface area contributed by atoms with Gasteiger partial charge in [-0.25, -0.2) is 27.2 Å². The SMILES string of the molecule is COc1nc(OC2CCC(F)(F)CC2)ccc1-c1nccc2cc(S(=O)(=O)Nc3ccncn3)ccc12. The molecule has 1 aliphatic carbocycles. The molecular formula is C25H23F2N5O4S. The van der Waals surface area contributed by atoms with Crippen molar-refractivity contribution in [3.05, 3.63) is 61.2 Å². The lowest BCUT2D eigenvalue weighted by Gasteiger charge is -2.28. The first-order valence-electron chi connectivity index (χ1n) is 11.5. The van der Waals surface area contributed by atoms with E-state index < -0.39 is 15.9 Å². The highest BCUT2D eigenvalue weighted by Crippen LogP contribution is 2.37. The van der Waals surface area contributed by atoms with Crippen LogP contribution in [0.5, 0.6) is 11.8 Å². The predicted molar refractivity (Wildman–Crippen MR) is 132 cm³/mol. The third-order valence-corrected chi connectivity index (χ3v) is 7.45. The van der Waals surface area contributed by atoms with Gasteiger partial charge in [0.25, 0.3) is 10.0 Å². The molecule has 1 aromatic carbocycles. The molecular weight excluding hydrogens is 504 g/mol. The number of nitrogens with zero attached hydrogens (tertiary/aromatic N) is 4. The van der Waals surface area contributed by atoms with E-state index in [0.29, 0.717) is 22.0 Å². The number of nitrogens with one attached hydrogen (secondary N) is 1. The van der Waals surface area contributed by atoms with Crippen LogP contribution in [0.15, 0.2) is 66.1 Å². The van der Waals surface area contributed by atoms with E-state index in [1.54, 1.807) is 36.5 Å². The fourth-order valence-electron chi connectivity index (χ4n) is 4.21. The number of pyridine rings is 2. The van der Waals surface area contributed by atoms with Gasteiger partial charge in [0.2, 0.25) is 17.7 Å². The van der Waals surface area contributed by atoms with Crippen molar-refractivity contribution in [2.45, 2.75) is 42.6 Å². The number of hydrogen-bond acceptors (Lipinski definition) is 8. The van der Waals surface area contributed by atoms with Gasteiger partial charge in [-0.2, -0.15) is 4.98 Å². The summed E-state index contributed by atoms with van der Waals surface area (Å²) < 4.78 is 66.4. The number of rotatable bonds is 7. The molecule has 0 bridgehead atoms. The number of fused-ring (bicyclic) bond motifs is 1. The molecule has 1 fully saturated rings. The van der Waals surface area contributed by atoms with Crippen molar-refractivity contribution in [2.75, 3.05) is 11.8 Å². The van der Waals surface area contributed by atoms with Gasteiger partial charge in [-0.15, -0.1) is 0 Å². The number of hydrogen-bond donors (Lipinski definition) is 1. The van der Waals surface area contributed by atoms with Gasteiger partial charge >= 0.3 is 0 Å². The first-order chi connectivity index (χ1) is 17.7. The number of aromatic nitrogens is 4. The van der Waals surface area contributed by atoms with Gasteiger partial charge in [-0.1, -0.05) is 6.07 Å². The second kappa shape index (κ2) is 9.85. The van der Waals surface area contributed by atoms with Gasteiger partial charge in [0, 0.05) is 36.7 Å². The molecule has 12 heteroatoms. The maximum Gasteiger partial charge on any atom is 0.263 e. The normalized spacial score (nSPS) is 15.9. The molecule has 4 aromatic rings. The van der Waals surface area contributed by atoms with Crippen molar-refractivity contribution in [2.24, 2.45) is 0 Å². The summed E-state index contributed by atoms with van der Waals surface area (Å²) in [6.45, 7) is 0. The Morgan fingerprint density at radius 2 is 1.84 bits per heavy atom. The second-order valence-electron chi connectivity index (χ2n) is 8.62. The van der Waals surface area contributed by atoms with E-state index >= 15 is 0 Å². The van der Waals surface area contributed by atoms with E-state index in [0.717, 1.165) is 0 Å². The van der Waals surface area contributed by atoms with Crippen molar-refractivity contribution in [3.8, 4) is 23.0 Å². The van der Waals surface area contributed by atoms with Gasteiger partial charge in [-0.05, 0) is 48.6 Å². The highest BCUT2D eigenvalue weighted by atomic mass is 32.2. The van der Waals surface area contributed by atoms with Gasteiger partial charge < -0.3 is 9.47 Å². The average molecular weight is 528 g/mol. The Labute approximate surface area is 212 Å². The highest BCUT2D eigenvalue weighted by Gasteiger charge is 2.36. The number of ether oxygens (including phenoxy) is 2. The Hall–Kier alpha value is -3.93. The van der Waals surface area contributed by atoms with Gasteiger partial charge in [0.1, 0.15) is 18.2 Å². The molecule has 0 aliphatic heterocycles. The van der Waals surface area contributed by atoms with E-state index in [9.17, 15) is 17.2 Å². The van der Waals surface area contributed by atoms with Crippen LogP contribution in [0.3, 0.4) is 0 Å². The predicted octanol–water partition coefficient (Wildman–Crippen LogP) is 4.85. The summed E-state index contributed by atoms with van der Waals surface area (Å²) in [6, 6.07) is 11.2. The molecule has 1 aliphatic rings. The van der Waals surface area contributed by atoms with Crippen LogP contribution < -0.4 is 14.2 Å². The summed E-state index contributed by atoms with van der Waals surface area (Å²) in [4.78, 5) is 16.6. The van der Waals surface area contributed by atoms with Crippen molar-refractivity contribution in [1.29, 1.82) is 0 Å². The second-order valence-corrected chi connectivity index (χ2v) is 10.3. The number of anilines is 1. The quantitative estimate of drug-likeness (QED) is 0.363. The summed E-state index contributed by atoms with van der Waals surface area (Å²) in [6.07, 6.45) is 4.00. The zero-order valence-electron chi connectivity index (χ0n) is 19.8. The standard InChI is InChI=1S/C25H23F2N5O4S/c1-35-24-20(4-5-22(31-24)36-17-6-10-25(26,27)11-7-17)23-19-3-2-18(14-16(19)8-13-29-23)37(33,34)32-21-9-12-28-15-30-21/h2-5,8-9,12-15,17H,6-7,10-11H2,1H3,(H,28,30,32). The largest absolute Gasteiger partial charge is 0.480 e. The first kappa shape index (κ1) is 24.8. The van der Waals surface area contributed by atoms with E-state index in [2.05, 4.69) is 24.7 Å². The van der Waals surface area contributed by atoms with Crippen molar-refractivity contribution in [3.63, 3.8) is 0 Å². The molecule has 1 saturated carbocycles. The molecule has 3 heterocycles. The zero-order valence-corrected chi connectivity index (χ0v) is 20.6. The fraction of sp³-hybridized carbons (Fsp3) is 0.280. The molecule has 0 amide bonds. The van der Waals surface area contributed by atoms with Crippen molar-refractivity contribution >= 4 is 26.6 Å². The molecule has 0 radical (unpaired) electrons. The minimum absolute atomic E-state index is 0.0580. The zero-order chi connectivity index (χ0) is 26.0. The topological polar surface area (TPSA) is 116 Å². The van der Waals surface area contributed by atoms with E-state index in [1.165, 1.54) is 31.8 Å². The number of alkyl halides is 2. The van der Waals surface area contributed by atoms with Crippen LogP contribution in [0, 0.1) is 0 Å². The van der Waals surface area contributed by atoms with Gasteiger partial charge in [0.15, 0.2) is 0 Å².